The minimum Gasteiger partial charge on any atom is -0.351 e. The van der Waals surface area contributed by atoms with E-state index >= 15 is 0 Å². The summed E-state index contributed by atoms with van der Waals surface area (Å²) in [5.74, 6) is 1.85. The zero-order valence-corrected chi connectivity index (χ0v) is 16.2. The fourth-order valence-corrected chi connectivity index (χ4v) is 3.29. The Bertz CT molecular complexity index is 449. The zero-order chi connectivity index (χ0) is 15.1. The number of carbonyl (C=O) groups excluding carboxylic acids is 1. The van der Waals surface area contributed by atoms with Gasteiger partial charge in [-0.2, -0.15) is 0 Å². The molecular formula is C16H27Cl2N3OS. The van der Waals surface area contributed by atoms with Crippen molar-refractivity contribution in [3.63, 3.8) is 0 Å². The lowest BCUT2D eigenvalue weighted by Crippen LogP contribution is -2.41. The predicted molar refractivity (Wildman–Crippen MR) is 104 cm³/mol. The Kier molecular flexibility index (Phi) is 11.7. The van der Waals surface area contributed by atoms with Crippen LogP contribution >= 0.6 is 36.6 Å². The number of amides is 1. The Balaban J connectivity index is 0.00000242. The lowest BCUT2D eigenvalue weighted by atomic mass is 10.1. The summed E-state index contributed by atoms with van der Waals surface area (Å²) in [5, 5.41) is 6.18. The number of carbonyl (C=O) groups is 1. The molecule has 1 aromatic rings. The van der Waals surface area contributed by atoms with Gasteiger partial charge in [-0.1, -0.05) is 38.1 Å². The van der Waals surface area contributed by atoms with Crippen LogP contribution in [0.1, 0.15) is 25.0 Å². The van der Waals surface area contributed by atoms with Crippen LogP contribution in [0.4, 0.5) is 0 Å². The molecule has 2 rings (SSSR count). The number of rotatable bonds is 7. The van der Waals surface area contributed by atoms with E-state index in [1.54, 1.807) is 11.8 Å². The number of hydrogen-bond donors (Lipinski definition) is 2. The first-order chi connectivity index (χ1) is 10.2. The van der Waals surface area contributed by atoms with E-state index in [1.807, 2.05) is 0 Å². The average Bonchev–Trinajstić information content (AvgIpc) is 3.06. The summed E-state index contributed by atoms with van der Waals surface area (Å²) in [7, 11) is 0. The first-order valence-electron chi connectivity index (χ1n) is 7.62. The summed E-state index contributed by atoms with van der Waals surface area (Å²) in [6.07, 6.45) is 0. The Morgan fingerprint density at radius 3 is 2.35 bits per heavy atom. The first kappa shape index (κ1) is 22.5. The van der Waals surface area contributed by atoms with Crippen molar-refractivity contribution < 1.29 is 4.79 Å². The quantitative estimate of drug-likeness (QED) is 0.764. The second-order valence-electron chi connectivity index (χ2n) is 5.27. The molecule has 132 valence electrons. The largest absolute Gasteiger partial charge is 0.351 e. The van der Waals surface area contributed by atoms with E-state index < -0.39 is 0 Å². The average molecular weight is 380 g/mol. The third-order valence-corrected chi connectivity index (χ3v) is 4.76. The summed E-state index contributed by atoms with van der Waals surface area (Å²) in [6.45, 7) is 8.10. The third-order valence-electron chi connectivity index (χ3n) is 3.82. The highest BCUT2D eigenvalue weighted by atomic mass is 35.5. The van der Waals surface area contributed by atoms with Crippen LogP contribution < -0.4 is 10.6 Å². The van der Waals surface area contributed by atoms with Gasteiger partial charge in [-0.3, -0.25) is 15.0 Å². The topological polar surface area (TPSA) is 44.4 Å². The van der Waals surface area contributed by atoms with Gasteiger partial charge >= 0.3 is 0 Å². The second kappa shape index (κ2) is 12.0. The van der Waals surface area contributed by atoms with Gasteiger partial charge in [0.25, 0.3) is 0 Å². The van der Waals surface area contributed by atoms with E-state index in [0.29, 0.717) is 6.54 Å². The molecule has 0 aromatic heterocycles. The van der Waals surface area contributed by atoms with Gasteiger partial charge in [0.15, 0.2) is 0 Å². The minimum atomic E-state index is -0.0306. The minimum absolute atomic E-state index is 0. The van der Waals surface area contributed by atoms with Crippen LogP contribution in [0.3, 0.4) is 0 Å². The number of hydrogen-bond acceptors (Lipinski definition) is 4. The van der Waals surface area contributed by atoms with Crippen molar-refractivity contribution in [3.8, 4) is 0 Å². The van der Waals surface area contributed by atoms with Crippen LogP contribution in [0.5, 0.6) is 0 Å². The highest BCUT2D eigenvalue weighted by Gasteiger charge is 2.21. The molecule has 2 N–H and O–H groups in total. The van der Waals surface area contributed by atoms with Crippen molar-refractivity contribution in [2.45, 2.75) is 33.0 Å². The number of benzene rings is 1. The van der Waals surface area contributed by atoms with E-state index in [0.717, 1.165) is 36.8 Å². The number of nitrogens with zero attached hydrogens (tertiary/aromatic N) is 1. The van der Waals surface area contributed by atoms with E-state index in [2.05, 4.69) is 53.6 Å². The zero-order valence-electron chi connectivity index (χ0n) is 13.7. The predicted octanol–water partition coefficient (Wildman–Crippen LogP) is 2.65. The summed E-state index contributed by atoms with van der Waals surface area (Å²) >= 11 is 1.77. The van der Waals surface area contributed by atoms with Crippen LogP contribution in [0.2, 0.25) is 0 Å². The molecule has 1 fully saturated rings. The van der Waals surface area contributed by atoms with Gasteiger partial charge in [-0.05, 0) is 24.2 Å². The van der Waals surface area contributed by atoms with Crippen molar-refractivity contribution in [1.29, 1.82) is 0 Å². The monoisotopic (exact) mass is 379 g/mol. The standard InChI is InChI=1S/C16H25N3OS.2ClH/c1-3-19(4-2)10-14-7-5-13(6-8-14)9-17-16(20)15-11-21-12-18-15;;/h5-8,15,18H,3-4,9-12H2,1-2H3,(H,17,20);2*1H. The molecule has 1 heterocycles. The summed E-state index contributed by atoms with van der Waals surface area (Å²) in [4.78, 5) is 14.3. The molecule has 7 heteroatoms. The van der Waals surface area contributed by atoms with Crippen LogP contribution in [0.15, 0.2) is 24.3 Å². The fraction of sp³-hybridized carbons (Fsp3) is 0.562. The third kappa shape index (κ3) is 7.31. The van der Waals surface area contributed by atoms with E-state index in [9.17, 15) is 4.79 Å². The number of halogens is 2. The van der Waals surface area contributed by atoms with Gasteiger partial charge in [0.2, 0.25) is 5.91 Å². The highest BCUT2D eigenvalue weighted by Crippen LogP contribution is 2.10. The van der Waals surface area contributed by atoms with E-state index in [1.165, 1.54) is 5.56 Å². The van der Waals surface area contributed by atoms with Crippen molar-refractivity contribution >= 4 is 42.5 Å². The van der Waals surface area contributed by atoms with Gasteiger partial charge in [-0.15, -0.1) is 36.6 Å². The molecule has 1 aliphatic rings. The number of thioether (sulfide) groups is 1. The van der Waals surface area contributed by atoms with Crippen LogP contribution in [0, 0.1) is 0 Å². The Labute approximate surface area is 156 Å². The van der Waals surface area contributed by atoms with Gasteiger partial charge in [0.1, 0.15) is 0 Å². The van der Waals surface area contributed by atoms with Crippen molar-refractivity contribution in [2.24, 2.45) is 0 Å². The lowest BCUT2D eigenvalue weighted by Gasteiger charge is -2.18. The maximum atomic E-state index is 11.9. The number of nitrogens with one attached hydrogen (secondary N) is 2. The van der Waals surface area contributed by atoms with Gasteiger partial charge in [0.05, 0.1) is 6.04 Å². The molecule has 0 spiro atoms. The molecule has 0 radical (unpaired) electrons. The van der Waals surface area contributed by atoms with Crippen molar-refractivity contribution in [3.05, 3.63) is 35.4 Å². The molecule has 1 aliphatic heterocycles. The fourth-order valence-electron chi connectivity index (χ4n) is 2.34. The maximum absolute atomic E-state index is 11.9. The van der Waals surface area contributed by atoms with E-state index in [4.69, 9.17) is 0 Å². The van der Waals surface area contributed by atoms with E-state index in [-0.39, 0.29) is 36.8 Å². The summed E-state index contributed by atoms with van der Waals surface area (Å²) in [6, 6.07) is 8.50. The van der Waals surface area contributed by atoms with Crippen LogP contribution in [-0.2, 0) is 17.9 Å². The first-order valence-corrected chi connectivity index (χ1v) is 8.77. The summed E-state index contributed by atoms with van der Waals surface area (Å²) < 4.78 is 0. The van der Waals surface area contributed by atoms with Crippen LogP contribution in [-0.4, -0.2) is 41.6 Å². The molecule has 1 atom stereocenters. The lowest BCUT2D eigenvalue weighted by molar-refractivity contribution is -0.122. The maximum Gasteiger partial charge on any atom is 0.238 e. The molecule has 4 nitrogen and oxygen atoms in total. The second-order valence-corrected chi connectivity index (χ2v) is 6.30. The molecule has 1 saturated heterocycles. The smallest absolute Gasteiger partial charge is 0.238 e. The Morgan fingerprint density at radius 1 is 1.22 bits per heavy atom. The SMILES string of the molecule is CCN(CC)Cc1ccc(CNC(=O)C2CSCN2)cc1.Cl.Cl. The molecule has 1 amide bonds. The molecular weight excluding hydrogens is 353 g/mol. The van der Waals surface area contributed by atoms with Gasteiger partial charge in [0, 0.05) is 24.7 Å². The van der Waals surface area contributed by atoms with Crippen molar-refractivity contribution in [1.82, 2.24) is 15.5 Å². The van der Waals surface area contributed by atoms with Gasteiger partial charge in [-0.25, -0.2) is 0 Å². The summed E-state index contributed by atoms with van der Waals surface area (Å²) in [5.41, 5.74) is 2.47. The highest BCUT2D eigenvalue weighted by molar-refractivity contribution is 7.99. The Hall–Kier alpha value is -0.460. The van der Waals surface area contributed by atoms with Crippen LogP contribution in [0.25, 0.3) is 0 Å². The molecule has 1 aromatic carbocycles. The molecule has 0 bridgehead atoms. The van der Waals surface area contributed by atoms with Gasteiger partial charge < -0.3 is 5.32 Å². The molecule has 0 aliphatic carbocycles. The molecule has 23 heavy (non-hydrogen) atoms. The normalized spacial score (nSPS) is 16.6. The van der Waals surface area contributed by atoms with Crippen molar-refractivity contribution in [2.75, 3.05) is 24.7 Å². The molecule has 0 saturated carbocycles. The Morgan fingerprint density at radius 2 is 1.83 bits per heavy atom. The molecule has 1 unspecified atom stereocenters.